The summed E-state index contributed by atoms with van der Waals surface area (Å²) in [5.41, 5.74) is 1.99. The first kappa shape index (κ1) is 20.9. The largest absolute Gasteiger partial charge is 0.497 e. The van der Waals surface area contributed by atoms with Crippen LogP contribution in [0.1, 0.15) is 35.3 Å². The Bertz CT molecular complexity index is 1090. The molecule has 3 aromatic rings. The molecule has 0 radical (unpaired) electrons. The second-order valence-corrected chi connectivity index (χ2v) is 7.36. The predicted octanol–water partition coefficient (Wildman–Crippen LogP) is 4.92. The van der Waals surface area contributed by atoms with E-state index in [1.165, 1.54) is 6.20 Å². The summed E-state index contributed by atoms with van der Waals surface area (Å²) in [6.07, 6.45) is 2.18. The maximum absolute atomic E-state index is 12.5. The third kappa shape index (κ3) is 4.56. The lowest BCUT2D eigenvalue weighted by atomic mass is 10.0. The monoisotopic (exact) mass is 439 g/mol. The number of rotatable bonds is 6. The van der Waals surface area contributed by atoms with E-state index in [1.54, 1.807) is 20.1 Å². The Hall–Kier alpha value is -3.32. The minimum Gasteiger partial charge on any atom is -0.497 e. The van der Waals surface area contributed by atoms with Crippen molar-refractivity contribution in [2.24, 2.45) is 0 Å². The minimum absolute atomic E-state index is 0.130. The average molecular weight is 440 g/mol. The van der Waals surface area contributed by atoms with Crippen molar-refractivity contribution in [2.45, 2.75) is 19.4 Å². The third-order valence-corrected chi connectivity index (χ3v) is 5.19. The van der Waals surface area contributed by atoms with Crippen LogP contribution in [0.25, 0.3) is 11.4 Å². The highest BCUT2D eigenvalue weighted by Crippen LogP contribution is 2.36. The van der Waals surface area contributed by atoms with Gasteiger partial charge in [-0.25, -0.2) is 14.8 Å². The molecule has 1 atom stereocenters. The van der Waals surface area contributed by atoms with Crippen molar-refractivity contribution >= 4 is 23.4 Å². The van der Waals surface area contributed by atoms with Gasteiger partial charge >= 0.3 is 5.97 Å². The standard InChI is InChI=1S/C23H22ClN3O4/c1-3-30-23(28)18-13-25-21(14-4-7-16(29-2)8-5-14)27-22(18)26-19-10-11-31-20-9-6-15(24)12-17(19)20/h4-9,12-13,19H,3,10-11H2,1-2H3,(H,25,26,27). The summed E-state index contributed by atoms with van der Waals surface area (Å²) in [6, 6.07) is 12.8. The van der Waals surface area contributed by atoms with Crippen molar-refractivity contribution in [1.29, 1.82) is 0 Å². The van der Waals surface area contributed by atoms with Crippen molar-refractivity contribution in [3.63, 3.8) is 0 Å². The Morgan fingerprint density at radius 1 is 1.26 bits per heavy atom. The summed E-state index contributed by atoms with van der Waals surface area (Å²) in [5.74, 6) is 1.90. The zero-order valence-electron chi connectivity index (χ0n) is 17.2. The zero-order chi connectivity index (χ0) is 21.8. The Balaban J connectivity index is 1.72. The van der Waals surface area contributed by atoms with Crippen LogP contribution in [-0.2, 0) is 4.74 Å². The number of anilines is 1. The second kappa shape index (κ2) is 9.22. The fourth-order valence-electron chi connectivity index (χ4n) is 3.41. The van der Waals surface area contributed by atoms with Crippen LogP contribution < -0.4 is 14.8 Å². The quantitative estimate of drug-likeness (QED) is 0.546. The van der Waals surface area contributed by atoms with E-state index in [9.17, 15) is 4.79 Å². The first-order valence-corrected chi connectivity index (χ1v) is 10.3. The average Bonchev–Trinajstić information content (AvgIpc) is 2.79. The molecule has 1 aromatic heterocycles. The number of aromatic nitrogens is 2. The molecule has 0 aliphatic carbocycles. The third-order valence-electron chi connectivity index (χ3n) is 4.95. The molecule has 0 spiro atoms. The van der Waals surface area contributed by atoms with Gasteiger partial charge in [0.1, 0.15) is 22.9 Å². The number of hydrogen-bond acceptors (Lipinski definition) is 7. The molecule has 8 heteroatoms. The normalized spacial score (nSPS) is 14.9. The summed E-state index contributed by atoms with van der Waals surface area (Å²) in [5, 5.41) is 4.00. The lowest BCUT2D eigenvalue weighted by Crippen LogP contribution is -2.22. The highest BCUT2D eigenvalue weighted by molar-refractivity contribution is 6.30. The molecule has 1 aliphatic heterocycles. The van der Waals surface area contributed by atoms with Gasteiger partial charge in [0.2, 0.25) is 0 Å². The van der Waals surface area contributed by atoms with Crippen LogP contribution in [0.2, 0.25) is 5.02 Å². The van der Waals surface area contributed by atoms with Gasteiger partial charge in [-0.2, -0.15) is 0 Å². The van der Waals surface area contributed by atoms with Gasteiger partial charge in [0, 0.05) is 28.8 Å². The molecule has 2 aromatic carbocycles. The van der Waals surface area contributed by atoms with Crippen LogP contribution in [0, 0.1) is 0 Å². The molecule has 0 amide bonds. The number of hydrogen-bond donors (Lipinski definition) is 1. The van der Waals surface area contributed by atoms with Crippen LogP contribution in [0.15, 0.2) is 48.7 Å². The topological polar surface area (TPSA) is 82.6 Å². The first-order valence-electron chi connectivity index (χ1n) is 9.96. The smallest absolute Gasteiger partial charge is 0.343 e. The van der Waals surface area contributed by atoms with E-state index >= 15 is 0 Å². The maximum atomic E-state index is 12.5. The van der Waals surface area contributed by atoms with Crippen LogP contribution in [-0.4, -0.2) is 36.3 Å². The number of benzene rings is 2. The van der Waals surface area contributed by atoms with Crippen molar-refractivity contribution in [1.82, 2.24) is 9.97 Å². The fraction of sp³-hybridized carbons (Fsp3) is 0.261. The molecule has 160 valence electrons. The van der Waals surface area contributed by atoms with Gasteiger partial charge in [0.15, 0.2) is 5.82 Å². The van der Waals surface area contributed by atoms with Gasteiger partial charge < -0.3 is 19.5 Å². The Morgan fingerprint density at radius 3 is 2.81 bits per heavy atom. The predicted molar refractivity (Wildman–Crippen MR) is 118 cm³/mol. The van der Waals surface area contributed by atoms with E-state index in [4.69, 9.17) is 25.8 Å². The number of halogens is 1. The van der Waals surface area contributed by atoms with Gasteiger partial charge in [0.05, 0.1) is 26.4 Å². The zero-order valence-corrected chi connectivity index (χ0v) is 18.0. The molecular weight excluding hydrogens is 418 g/mol. The molecular formula is C23H22ClN3O4. The maximum Gasteiger partial charge on any atom is 0.343 e. The van der Waals surface area contributed by atoms with Crippen molar-refractivity contribution in [3.8, 4) is 22.9 Å². The summed E-state index contributed by atoms with van der Waals surface area (Å²) < 4.78 is 16.2. The van der Waals surface area contributed by atoms with Gasteiger partial charge in [0.25, 0.3) is 0 Å². The van der Waals surface area contributed by atoms with E-state index < -0.39 is 5.97 Å². The molecule has 0 fully saturated rings. The molecule has 4 rings (SSSR count). The van der Waals surface area contributed by atoms with Crippen molar-refractivity contribution in [3.05, 3.63) is 64.8 Å². The number of fused-ring (bicyclic) bond motifs is 1. The van der Waals surface area contributed by atoms with E-state index in [2.05, 4.69) is 15.3 Å². The number of ether oxygens (including phenoxy) is 3. The molecule has 1 aliphatic rings. The van der Waals surface area contributed by atoms with Gasteiger partial charge in [-0.3, -0.25) is 0 Å². The van der Waals surface area contributed by atoms with Gasteiger partial charge in [-0.1, -0.05) is 11.6 Å². The second-order valence-electron chi connectivity index (χ2n) is 6.92. The van der Waals surface area contributed by atoms with Gasteiger partial charge in [-0.15, -0.1) is 0 Å². The molecule has 1 N–H and O–H groups in total. The minimum atomic E-state index is -0.482. The van der Waals surface area contributed by atoms with Crippen molar-refractivity contribution in [2.75, 3.05) is 25.6 Å². The highest BCUT2D eigenvalue weighted by atomic mass is 35.5. The number of esters is 1. The highest BCUT2D eigenvalue weighted by Gasteiger charge is 2.25. The number of nitrogens with one attached hydrogen (secondary N) is 1. The van der Waals surface area contributed by atoms with E-state index in [-0.39, 0.29) is 18.2 Å². The lowest BCUT2D eigenvalue weighted by Gasteiger charge is -2.28. The van der Waals surface area contributed by atoms with Crippen LogP contribution in [0.3, 0.4) is 0 Å². The molecule has 0 bridgehead atoms. The first-order chi connectivity index (χ1) is 15.1. The summed E-state index contributed by atoms with van der Waals surface area (Å²) in [6.45, 7) is 2.56. The summed E-state index contributed by atoms with van der Waals surface area (Å²) >= 11 is 6.20. The molecule has 31 heavy (non-hydrogen) atoms. The van der Waals surface area contributed by atoms with Crippen LogP contribution in [0.5, 0.6) is 11.5 Å². The fourth-order valence-corrected chi connectivity index (χ4v) is 3.59. The molecule has 0 saturated heterocycles. The van der Waals surface area contributed by atoms with Gasteiger partial charge in [-0.05, 0) is 49.4 Å². The van der Waals surface area contributed by atoms with Crippen LogP contribution >= 0.6 is 11.6 Å². The SMILES string of the molecule is CCOC(=O)c1cnc(-c2ccc(OC)cc2)nc1NC1CCOc2ccc(Cl)cc21. The Kier molecular flexibility index (Phi) is 6.23. The summed E-state index contributed by atoms with van der Waals surface area (Å²) in [7, 11) is 1.61. The summed E-state index contributed by atoms with van der Waals surface area (Å²) in [4.78, 5) is 21.6. The molecule has 1 unspecified atom stereocenters. The van der Waals surface area contributed by atoms with Crippen LogP contribution in [0.4, 0.5) is 5.82 Å². The van der Waals surface area contributed by atoms with Crippen molar-refractivity contribution < 1.29 is 19.0 Å². The number of carbonyl (C=O) groups excluding carboxylic acids is 1. The number of nitrogens with zero attached hydrogens (tertiary/aromatic N) is 2. The number of carbonyl (C=O) groups is 1. The number of methoxy groups -OCH3 is 1. The van der Waals surface area contributed by atoms with E-state index in [0.29, 0.717) is 29.7 Å². The van der Waals surface area contributed by atoms with E-state index in [0.717, 1.165) is 22.6 Å². The molecule has 7 nitrogen and oxygen atoms in total. The Labute approximate surface area is 185 Å². The molecule has 2 heterocycles. The molecule has 0 saturated carbocycles. The Morgan fingerprint density at radius 2 is 2.06 bits per heavy atom. The van der Waals surface area contributed by atoms with E-state index in [1.807, 2.05) is 36.4 Å². The lowest BCUT2D eigenvalue weighted by molar-refractivity contribution is 0.0526.